The van der Waals surface area contributed by atoms with Gasteiger partial charge in [-0.3, -0.25) is 4.79 Å². The highest BCUT2D eigenvalue weighted by Gasteiger charge is 2.04. The van der Waals surface area contributed by atoms with E-state index in [9.17, 15) is 9.59 Å². The summed E-state index contributed by atoms with van der Waals surface area (Å²) in [6.07, 6.45) is -0.555. The fourth-order valence-electron chi connectivity index (χ4n) is 1.14. The van der Waals surface area contributed by atoms with Crippen LogP contribution < -0.4 is 10.1 Å². The summed E-state index contributed by atoms with van der Waals surface area (Å²) in [6, 6.07) is 8.74. The SMILES string of the molecule is C=C(C)C(=O)COCCNC(=O)Oc1ccccc1. The first-order chi connectivity index (χ1) is 9.09. The normalized spacial score (nSPS) is 9.74. The van der Waals surface area contributed by atoms with Crippen molar-refractivity contribution in [2.24, 2.45) is 0 Å². The number of hydrogen-bond donors (Lipinski definition) is 1. The van der Waals surface area contributed by atoms with Gasteiger partial charge in [0.2, 0.25) is 0 Å². The predicted octanol–water partition coefficient (Wildman–Crippen LogP) is 1.94. The van der Waals surface area contributed by atoms with Gasteiger partial charge in [0.15, 0.2) is 5.78 Å². The van der Waals surface area contributed by atoms with Gasteiger partial charge < -0.3 is 14.8 Å². The molecule has 5 nitrogen and oxygen atoms in total. The molecule has 0 aliphatic carbocycles. The second kappa shape index (κ2) is 8.05. The van der Waals surface area contributed by atoms with Crippen LogP contribution in [0.15, 0.2) is 42.5 Å². The lowest BCUT2D eigenvalue weighted by molar-refractivity contribution is -0.119. The van der Waals surface area contributed by atoms with Crippen molar-refractivity contribution in [2.75, 3.05) is 19.8 Å². The molecule has 0 saturated heterocycles. The number of Topliss-reactive ketones (excluding diaryl/α,β-unsaturated/α-hetero) is 1. The van der Waals surface area contributed by atoms with Crippen molar-refractivity contribution in [1.29, 1.82) is 0 Å². The lowest BCUT2D eigenvalue weighted by atomic mass is 10.2. The van der Waals surface area contributed by atoms with Gasteiger partial charge in [0.1, 0.15) is 12.4 Å². The molecule has 0 saturated carbocycles. The summed E-state index contributed by atoms with van der Waals surface area (Å²) in [7, 11) is 0. The summed E-state index contributed by atoms with van der Waals surface area (Å²) >= 11 is 0. The standard InChI is InChI=1S/C14H17NO4/c1-11(2)13(16)10-18-9-8-15-14(17)19-12-6-4-3-5-7-12/h3-7H,1,8-10H2,2H3,(H,15,17). The first-order valence-corrected chi connectivity index (χ1v) is 5.87. The molecule has 0 atom stereocenters. The second-order valence-corrected chi connectivity index (χ2v) is 3.89. The summed E-state index contributed by atoms with van der Waals surface area (Å²) in [5.74, 6) is 0.324. The van der Waals surface area contributed by atoms with Gasteiger partial charge >= 0.3 is 6.09 Å². The molecule has 0 aliphatic heterocycles. The van der Waals surface area contributed by atoms with Gasteiger partial charge in [-0.2, -0.15) is 0 Å². The number of benzene rings is 1. The summed E-state index contributed by atoms with van der Waals surface area (Å²) in [5, 5.41) is 2.51. The molecule has 1 aromatic carbocycles. The molecular formula is C14H17NO4. The number of amides is 1. The average molecular weight is 263 g/mol. The summed E-state index contributed by atoms with van der Waals surface area (Å²) < 4.78 is 10.1. The van der Waals surface area contributed by atoms with Crippen LogP contribution in [0.2, 0.25) is 0 Å². The molecule has 1 aromatic rings. The first kappa shape index (κ1) is 14.9. The van der Waals surface area contributed by atoms with Crippen molar-refractivity contribution >= 4 is 11.9 Å². The van der Waals surface area contributed by atoms with Gasteiger partial charge in [-0.15, -0.1) is 0 Å². The van der Waals surface area contributed by atoms with Crippen LogP contribution >= 0.6 is 0 Å². The molecule has 1 amide bonds. The van der Waals surface area contributed by atoms with Crippen LogP contribution in [-0.4, -0.2) is 31.6 Å². The van der Waals surface area contributed by atoms with Crippen molar-refractivity contribution in [2.45, 2.75) is 6.92 Å². The fourth-order valence-corrected chi connectivity index (χ4v) is 1.14. The van der Waals surface area contributed by atoms with E-state index < -0.39 is 6.09 Å². The number of nitrogens with one attached hydrogen (secondary N) is 1. The number of para-hydroxylation sites is 1. The van der Waals surface area contributed by atoms with E-state index in [0.717, 1.165) is 0 Å². The van der Waals surface area contributed by atoms with E-state index in [1.54, 1.807) is 31.2 Å². The molecule has 19 heavy (non-hydrogen) atoms. The fraction of sp³-hybridized carbons (Fsp3) is 0.286. The third-order valence-electron chi connectivity index (χ3n) is 2.18. The minimum Gasteiger partial charge on any atom is -0.410 e. The average Bonchev–Trinajstić information content (AvgIpc) is 2.39. The Morgan fingerprint density at radius 3 is 2.58 bits per heavy atom. The molecule has 1 N–H and O–H groups in total. The van der Waals surface area contributed by atoms with E-state index in [2.05, 4.69) is 11.9 Å². The van der Waals surface area contributed by atoms with Crippen LogP contribution in [0.5, 0.6) is 5.75 Å². The summed E-state index contributed by atoms with van der Waals surface area (Å²) in [4.78, 5) is 22.5. The molecule has 0 heterocycles. The van der Waals surface area contributed by atoms with Gasteiger partial charge in [0.25, 0.3) is 0 Å². The molecule has 0 aromatic heterocycles. The number of rotatable bonds is 7. The number of hydrogen-bond acceptors (Lipinski definition) is 4. The Kier molecular flexibility index (Phi) is 6.32. The maximum Gasteiger partial charge on any atom is 0.412 e. The van der Waals surface area contributed by atoms with Crippen molar-refractivity contribution in [3.63, 3.8) is 0 Å². The maximum absolute atomic E-state index is 11.3. The third kappa shape index (κ3) is 6.38. The van der Waals surface area contributed by atoms with Crippen LogP contribution in [0.3, 0.4) is 0 Å². The molecule has 0 radical (unpaired) electrons. The van der Waals surface area contributed by atoms with Crippen LogP contribution in [0.1, 0.15) is 6.92 Å². The molecular weight excluding hydrogens is 246 g/mol. The molecule has 0 aliphatic rings. The topological polar surface area (TPSA) is 64.6 Å². The van der Waals surface area contributed by atoms with Crippen molar-refractivity contribution in [3.05, 3.63) is 42.5 Å². The van der Waals surface area contributed by atoms with Gasteiger partial charge in [-0.05, 0) is 24.6 Å². The zero-order chi connectivity index (χ0) is 14.1. The Morgan fingerprint density at radius 1 is 1.26 bits per heavy atom. The van der Waals surface area contributed by atoms with Gasteiger partial charge in [0, 0.05) is 6.54 Å². The highest BCUT2D eigenvalue weighted by atomic mass is 16.6. The van der Waals surface area contributed by atoms with E-state index in [0.29, 0.717) is 11.3 Å². The number of carbonyl (C=O) groups excluding carboxylic acids is 2. The zero-order valence-electron chi connectivity index (χ0n) is 10.8. The zero-order valence-corrected chi connectivity index (χ0v) is 10.8. The number of ketones is 1. The predicted molar refractivity (Wildman–Crippen MR) is 71.1 cm³/mol. The Hall–Kier alpha value is -2.14. The van der Waals surface area contributed by atoms with E-state index in [-0.39, 0.29) is 25.5 Å². The molecule has 0 fully saturated rings. The lowest BCUT2D eigenvalue weighted by Gasteiger charge is -2.07. The van der Waals surface area contributed by atoms with Crippen LogP contribution in [-0.2, 0) is 9.53 Å². The van der Waals surface area contributed by atoms with Gasteiger partial charge in [-0.25, -0.2) is 4.79 Å². The summed E-state index contributed by atoms with van der Waals surface area (Å²) in [6.45, 7) is 5.62. The maximum atomic E-state index is 11.3. The van der Waals surface area contributed by atoms with Gasteiger partial charge in [0.05, 0.1) is 6.61 Å². The Morgan fingerprint density at radius 2 is 1.95 bits per heavy atom. The molecule has 0 bridgehead atoms. The Balaban J connectivity index is 2.11. The monoisotopic (exact) mass is 263 g/mol. The highest BCUT2D eigenvalue weighted by molar-refractivity contribution is 5.95. The van der Waals surface area contributed by atoms with Crippen LogP contribution in [0.4, 0.5) is 4.79 Å². The Bertz CT molecular complexity index is 442. The summed E-state index contributed by atoms with van der Waals surface area (Å²) in [5.41, 5.74) is 0.455. The third-order valence-corrected chi connectivity index (χ3v) is 2.18. The molecule has 5 heteroatoms. The highest BCUT2D eigenvalue weighted by Crippen LogP contribution is 2.07. The molecule has 1 rings (SSSR count). The van der Waals surface area contributed by atoms with Crippen molar-refractivity contribution in [1.82, 2.24) is 5.32 Å². The van der Waals surface area contributed by atoms with E-state index in [1.807, 2.05) is 6.07 Å². The first-order valence-electron chi connectivity index (χ1n) is 5.87. The molecule has 0 unspecified atom stereocenters. The number of carbonyl (C=O) groups is 2. The van der Waals surface area contributed by atoms with Crippen LogP contribution in [0, 0.1) is 0 Å². The van der Waals surface area contributed by atoms with Crippen LogP contribution in [0.25, 0.3) is 0 Å². The second-order valence-electron chi connectivity index (χ2n) is 3.89. The Labute approximate surface area is 112 Å². The quantitative estimate of drug-likeness (QED) is 0.603. The number of ether oxygens (including phenoxy) is 2. The lowest BCUT2D eigenvalue weighted by Crippen LogP contribution is -2.30. The van der Waals surface area contributed by atoms with E-state index in [1.165, 1.54) is 0 Å². The van der Waals surface area contributed by atoms with Crippen molar-refractivity contribution < 1.29 is 19.1 Å². The molecule has 0 spiro atoms. The van der Waals surface area contributed by atoms with E-state index >= 15 is 0 Å². The van der Waals surface area contributed by atoms with Gasteiger partial charge in [-0.1, -0.05) is 24.8 Å². The smallest absolute Gasteiger partial charge is 0.410 e. The minimum atomic E-state index is -0.555. The molecule has 102 valence electrons. The largest absolute Gasteiger partial charge is 0.412 e. The van der Waals surface area contributed by atoms with E-state index in [4.69, 9.17) is 9.47 Å². The minimum absolute atomic E-state index is 0.0231. The van der Waals surface area contributed by atoms with Crippen molar-refractivity contribution in [3.8, 4) is 5.75 Å².